The molecule has 1 atom stereocenters. The van der Waals surface area contributed by atoms with Crippen molar-refractivity contribution in [3.63, 3.8) is 0 Å². The molecule has 0 N–H and O–H groups in total. The molecular formula is C27H14BrClO. The Bertz CT molecular complexity index is 1530. The number of hydrogen-bond donors (Lipinski definition) is 0. The highest BCUT2D eigenvalue weighted by Crippen LogP contribution is 2.64. The van der Waals surface area contributed by atoms with Crippen LogP contribution < -0.4 is 0 Å². The zero-order valence-electron chi connectivity index (χ0n) is 15.7. The lowest BCUT2D eigenvalue weighted by molar-refractivity contribution is 0.506. The van der Waals surface area contributed by atoms with Gasteiger partial charge in [-0.15, -0.1) is 0 Å². The summed E-state index contributed by atoms with van der Waals surface area (Å²) in [4.78, 5) is 0. The summed E-state index contributed by atoms with van der Waals surface area (Å²) in [5.41, 5.74) is 8.96. The fourth-order valence-corrected chi connectivity index (χ4v) is 6.06. The first kappa shape index (κ1) is 16.9. The molecule has 30 heavy (non-hydrogen) atoms. The second-order valence-electron chi connectivity index (χ2n) is 7.98. The van der Waals surface area contributed by atoms with Gasteiger partial charge in [0.25, 0.3) is 0 Å². The number of rotatable bonds is 0. The Balaban J connectivity index is 1.76. The van der Waals surface area contributed by atoms with E-state index in [1.165, 1.54) is 38.9 Å². The number of fused-ring (bicyclic) bond motifs is 12. The van der Waals surface area contributed by atoms with Crippen LogP contribution in [0, 0.1) is 0 Å². The summed E-state index contributed by atoms with van der Waals surface area (Å²) in [6.07, 6.45) is 0. The maximum absolute atomic E-state index is 6.67. The van der Waals surface area contributed by atoms with Gasteiger partial charge < -0.3 is 4.42 Å². The molecule has 142 valence electrons. The number of halogens is 2. The Hall–Kier alpha value is -2.81. The van der Waals surface area contributed by atoms with Gasteiger partial charge in [0.05, 0.1) is 0 Å². The average molecular weight is 470 g/mol. The van der Waals surface area contributed by atoms with Crippen molar-refractivity contribution in [1.82, 2.24) is 0 Å². The van der Waals surface area contributed by atoms with Crippen molar-refractivity contribution in [2.45, 2.75) is 5.41 Å². The van der Waals surface area contributed by atoms with Crippen molar-refractivity contribution in [3.8, 4) is 22.3 Å². The van der Waals surface area contributed by atoms with Gasteiger partial charge in [-0.1, -0.05) is 82.1 Å². The maximum atomic E-state index is 6.67. The molecule has 4 aromatic carbocycles. The highest BCUT2D eigenvalue weighted by atomic mass is 79.9. The zero-order chi connectivity index (χ0) is 20.0. The van der Waals surface area contributed by atoms with Crippen molar-refractivity contribution in [2.75, 3.05) is 0 Å². The molecule has 3 heteroatoms. The van der Waals surface area contributed by atoms with Crippen LogP contribution in [0.25, 0.3) is 33.2 Å². The van der Waals surface area contributed by atoms with Crippen LogP contribution in [-0.2, 0) is 5.41 Å². The third kappa shape index (κ3) is 1.85. The molecule has 0 amide bonds. The third-order valence-electron chi connectivity index (χ3n) is 6.60. The molecule has 0 saturated carbocycles. The fourth-order valence-electron chi connectivity index (χ4n) is 5.53. The van der Waals surface area contributed by atoms with Crippen LogP contribution >= 0.6 is 27.5 Å². The van der Waals surface area contributed by atoms with E-state index >= 15 is 0 Å². The van der Waals surface area contributed by atoms with E-state index in [2.05, 4.69) is 88.7 Å². The predicted octanol–water partition coefficient (Wildman–Crippen LogP) is 8.19. The normalized spacial score (nSPS) is 17.8. The van der Waals surface area contributed by atoms with Crippen LogP contribution in [0.15, 0.2) is 93.8 Å². The minimum atomic E-state index is -0.510. The molecule has 0 fully saturated rings. The molecule has 0 bridgehead atoms. The number of hydrogen-bond acceptors (Lipinski definition) is 1. The summed E-state index contributed by atoms with van der Waals surface area (Å²) in [7, 11) is 0. The fraction of sp³-hybridized carbons (Fsp3) is 0.0370. The molecular weight excluding hydrogens is 456 g/mol. The van der Waals surface area contributed by atoms with E-state index in [0.717, 1.165) is 26.2 Å². The van der Waals surface area contributed by atoms with Gasteiger partial charge in [0, 0.05) is 20.4 Å². The van der Waals surface area contributed by atoms with Crippen molar-refractivity contribution >= 4 is 38.5 Å². The largest absolute Gasteiger partial charge is 0.459 e. The maximum Gasteiger partial charge on any atom is 0.135 e. The van der Waals surface area contributed by atoms with Crippen LogP contribution in [0.5, 0.6) is 0 Å². The van der Waals surface area contributed by atoms with Crippen molar-refractivity contribution in [1.29, 1.82) is 0 Å². The van der Waals surface area contributed by atoms with Crippen molar-refractivity contribution in [3.05, 3.63) is 117 Å². The molecule has 2 aliphatic carbocycles. The lowest BCUT2D eigenvalue weighted by Crippen LogP contribution is -2.25. The summed E-state index contributed by atoms with van der Waals surface area (Å²) in [5, 5.41) is 1.89. The van der Waals surface area contributed by atoms with Gasteiger partial charge in [0.2, 0.25) is 0 Å². The highest BCUT2D eigenvalue weighted by Gasteiger charge is 2.55. The minimum Gasteiger partial charge on any atom is -0.459 e. The Morgan fingerprint density at radius 1 is 0.700 bits per heavy atom. The van der Waals surface area contributed by atoms with E-state index in [1.807, 2.05) is 12.1 Å². The lowest BCUT2D eigenvalue weighted by Gasteiger charge is -2.28. The van der Waals surface area contributed by atoms with E-state index in [4.69, 9.17) is 16.0 Å². The van der Waals surface area contributed by atoms with E-state index in [1.54, 1.807) is 0 Å². The molecule has 2 aliphatic rings. The summed E-state index contributed by atoms with van der Waals surface area (Å²) >= 11 is 10.3. The quantitative estimate of drug-likeness (QED) is 0.218. The first-order chi connectivity index (χ1) is 14.7. The monoisotopic (exact) mass is 468 g/mol. The number of para-hydroxylation sites is 1. The first-order valence-corrected chi connectivity index (χ1v) is 11.1. The summed E-state index contributed by atoms with van der Waals surface area (Å²) < 4.78 is 7.72. The molecule has 0 radical (unpaired) electrons. The summed E-state index contributed by atoms with van der Waals surface area (Å²) in [6.45, 7) is 0. The Labute approximate surface area is 187 Å². The molecule has 0 aliphatic heterocycles. The van der Waals surface area contributed by atoms with Gasteiger partial charge in [0.15, 0.2) is 0 Å². The molecule has 7 rings (SSSR count). The SMILES string of the molecule is Clc1ccc2c(c1)C1(c3ccccc3-c3ccc(Br)cc31)c1oc3ccccc3c1-2. The molecule has 0 saturated heterocycles. The van der Waals surface area contributed by atoms with Gasteiger partial charge in [-0.25, -0.2) is 0 Å². The van der Waals surface area contributed by atoms with Gasteiger partial charge in [-0.3, -0.25) is 0 Å². The zero-order valence-corrected chi connectivity index (χ0v) is 18.1. The molecule has 5 aromatic rings. The van der Waals surface area contributed by atoms with Gasteiger partial charge in [-0.2, -0.15) is 0 Å². The molecule has 1 aromatic heterocycles. The smallest absolute Gasteiger partial charge is 0.135 e. The van der Waals surface area contributed by atoms with Crippen LogP contribution in [-0.4, -0.2) is 0 Å². The van der Waals surface area contributed by atoms with E-state index in [0.29, 0.717) is 0 Å². The third-order valence-corrected chi connectivity index (χ3v) is 7.33. The summed E-state index contributed by atoms with van der Waals surface area (Å²) in [5.74, 6) is 0.991. The second-order valence-corrected chi connectivity index (χ2v) is 9.33. The molecule has 1 spiro atoms. The first-order valence-electron chi connectivity index (χ1n) is 9.92. The molecule has 1 nitrogen and oxygen atoms in total. The Morgan fingerprint density at radius 2 is 1.43 bits per heavy atom. The second kappa shape index (κ2) is 5.66. The Morgan fingerprint density at radius 3 is 2.37 bits per heavy atom. The molecule has 1 unspecified atom stereocenters. The Kier molecular flexibility index (Phi) is 3.19. The van der Waals surface area contributed by atoms with Gasteiger partial charge >= 0.3 is 0 Å². The minimum absolute atomic E-state index is 0.510. The van der Waals surface area contributed by atoms with Crippen LogP contribution in [0.4, 0.5) is 0 Å². The lowest BCUT2D eigenvalue weighted by atomic mass is 9.73. The van der Waals surface area contributed by atoms with Crippen molar-refractivity contribution < 1.29 is 4.42 Å². The topological polar surface area (TPSA) is 13.1 Å². The van der Waals surface area contributed by atoms with Crippen LogP contribution in [0.3, 0.4) is 0 Å². The summed E-state index contributed by atoms with van der Waals surface area (Å²) in [6, 6.07) is 29.8. The number of benzene rings is 4. The van der Waals surface area contributed by atoms with E-state index in [9.17, 15) is 0 Å². The number of furan rings is 1. The van der Waals surface area contributed by atoms with Gasteiger partial charge in [0.1, 0.15) is 16.8 Å². The van der Waals surface area contributed by atoms with E-state index in [-0.39, 0.29) is 0 Å². The predicted molar refractivity (Wildman–Crippen MR) is 125 cm³/mol. The molecule has 1 heterocycles. The van der Waals surface area contributed by atoms with Gasteiger partial charge in [-0.05, 0) is 63.7 Å². The highest BCUT2D eigenvalue weighted by molar-refractivity contribution is 9.10. The standard InChI is InChI=1S/C27H14BrClO/c28-15-9-11-18-17-5-1-3-7-21(17)27(22(18)13-15)23-14-16(29)10-12-19(23)25-20-6-2-4-8-24(20)30-26(25)27/h1-14H. The van der Waals surface area contributed by atoms with E-state index < -0.39 is 5.41 Å². The van der Waals surface area contributed by atoms with Crippen LogP contribution in [0.1, 0.15) is 22.5 Å². The average Bonchev–Trinajstić information content (AvgIpc) is 3.36. The van der Waals surface area contributed by atoms with Crippen molar-refractivity contribution in [2.24, 2.45) is 0 Å². The van der Waals surface area contributed by atoms with Crippen LogP contribution in [0.2, 0.25) is 5.02 Å².